The van der Waals surface area contributed by atoms with E-state index in [0.29, 0.717) is 11.3 Å². The number of hydrogen-bond donors (Lipinski definition) is 2. The van der Waals surface area contributed by atoms with Crippen LogP contribution < -0.4 is 11.1 Å². The summed E-state index contributed by atoms with van der Waals surface area (Å²) in [6.45, 7) is 5.41. The van der Waals surface area contributed by atoms with Crippen molar-refractivity contribution in [1.29, 1.82) is 0 Å². The third-order valence-corrected chi connectivity index (χ3v) is 5.19. The van der Waals surface area contributed by atoms with E-state index in [0.717, 1.165) is 4.31 Å². The van der Waals surface area contributed by atoms with Crippen molar-refractivity contribution in [3.63, 3.8) is 0 Å². The summed E-state index contributed by atoms with van der Waals surface area (Å²) in [5, 5.41) is 2.65. The second-order valence-corrected chi connectivity index (χ2v) is 7.65. The maximum Gasteiger partial charge on any atom is 0.242 e. The summed E-state index contributed by atoms with van der Waals surface area (Å²) in [5.74, 6) is -0.331. The van der Waals surface area contributed by atoms with Crippen LogP contribution in [0.25, 0.3) is 0 Å². The molecule has 22 heavy (non-hydrogen) atoms. The molecule has 126 valence electrons. The Hall–Kier alpha value is -1.15. The first-order valence-corrected chi connectivity index (χ1v) is 8.11. The second-order valence-electron chi connectivity index (χ2n) is 5.53. The van der Waals surface area contributed by atoms with Crippen LogP contribution in [0, 0.1) is 12.8 Å². The zero-order valence-electron chi connectivity index (χ0n) is 13.5. The van der Waals surface area contributed by atoms with Crippen LogP contribution in [0.15, 0.2) is 23.1 Å². The van der Waals surface area contributed by atoms with Gasteiger partial charge in [-0.15, -0.1) is 12.4 Å². The lowest BCUT2D eigenvalue weighted by atomic mass is 10.0. The van der Waals surface area contributed by atoms with Gasteiger partial charge in [-0.3, -0.25) is 4.79 Å². The zero-order valence-corrected chi connectivity index (χ0v) is 15.1. The fourth-order valence-corrected chi connectivity index (χ4v) is 2.83. The fraction of sp³-hybridized carbons (Fsp3) is 0.500. The van der Waals surface area contributed by atoms with E-state index in [4.69, 9.17) is 5.73 Å². The van der Waals surface area contributed by atoms with Gasteiger partial charge in [0.05, 0.1) is 10.9 Å². The molecule has 0 saturated carbocycles. The van der Waals surface area contributed by atoms with E-state index in [1.807, 2.05) is 13.8 Å². The molecule has 0 aliphatic heterocycles. The minimum atomic E-state index is -3.55. The number of aryl methyl sites for hydroxylation is 1. The molecule has 0 aliphatic rings. The van der Waals surface area contributed by atoms with Crippen LogP contribution in [0.1, 0.15) is 19.4 Å². The maximum absolute atomic E-state index is 12.2. The summed E-state index contributed by atoms with van der Waals surface area (Å²) in [6, 6.07) is 4.14. The molecule has 3 N–H and O–H groups in total. The second kappa shape index (κ2) is 7.92. The lowest BCUT2D eigenvalue weighted by Crippen LogP contribution is -2.39. The van der Waals surface area contributed by atoms with E-state index in [1.54, 1.807) is 19.1 Å². The van der Waals surface area contributed by atoms with Crippen molar-refractivity contribution < 1.29 is 13.2 Å². The Balaban J connectivity index is 0.00000441. The van der Waals surface area contributed by atoms with Crippen molar-refractivity contribution in [2.24, 2.45) is 11.7 Å². The minimum absolute atomic E-state index is 0. The molecule has 0 saturated heterocycles. The molecule has 1 rings (SSSR count). The van der Waals surface area contributed by atoms with E-state index in [9.17, 15) is 13.2 Å². The van der Waals surface area contributed by atoms with Gasteiger partial charge in [0.15, 0.2) is 0 Å². The monoisotopic (exact) mass is 349 g/mol. The number of anilines is 1. The summed E-state index contributed by atoms with van der Waals surface area (Å²) in [4.78, 5) is 12.1. The molecule has 1 aromatic rings. The molecule has 6 nitrogen and oxygen atoms in total. The van der Waals surface area contributed by atoms with Crippen molar-refractivity contribution in [2.75, 3.05) is 19.4 Å². The molecule has 1 aromatic carbocycles. The van der Waals surface area contributed by atoms with E-state index in [-0.39, 0.29) is 29.1 Å². The molecular formula is C14H24ClN3O3S. The van der Waals surface area contributed by atoms with Crippen LogP contribution in [-0.2, 0) is 14.8 Å². The first kappa shape index (κ1) is 20.9. The number of carbonyl (C=O) groups is 1. The van der Waals surface area contributed by atoms with Crippen LogP contribution in [0.5, 0.6) is 0 Å². The van der Waals surface area contributed by atoms with Gasteiger partial charge >= 0.3 is 0 Å². The molecule has 8 heteroatoms. The van der Waals surface area contributed by atoms with E-state index < -0.39 is 16.1 Å². The number of hydrogen-bond acceptors (Lipinski definition) is 4. The molecule has 0 aliphatic carbocycles. The number of rotatable bonds is 5. The number of nitrogens with two attached hydrogens (primary N) is 1. The standard InChI is InChI=1S/C14H23N3O3S.ClH/c1-9(2)13(15)14(18)16-11-7-6-10(3)12(8-11)21(19,20)17(4)5;/h6-9,13H,15H2,1-5H3,(H,16,18);1H/t13-;/m1./s1. The number of nitrogens with zero attached hydrogens (tertiary/aromatic N) is 1. The van der Waals surface area contributed by atoms with Crippen LogP contribution in [-0.4, -0.2) is 38.8 Å². The average Bonchev–Trinajstić information content (AvgIpc) is 2.39. The van der Waals surface area contributed by atoms with Crippen LogP contribution in [0.4, 0.5) is 5.69 Å². The summed E-state index contributed by atoms with van der Waals surface area (Å²) >= 11 is 0. The molecule has 1 amide bonds. The number of halogens is 1. The maximum atomic E-state index is 12.2. The highest BCUT2D eigenvalue weighted by molar-refractivity contribution is 7.89. The Morgan fingerprint density at radius 1 is 1.27 bits per heavy atom. The normalized spacial score (nSPS) is 12.9. The van der Waals surface area contributed by atoms with E-state index >= 15 is 0 Å². The minimum Gasteiger partial charge on any atom is -0.325 e. The third-order valence-electron chi connectivity index (χ3n) is 3.24. The molecule has 1 atom stereocenters. The highest BCUT2D eigenvalue weighted by Crippen LogP contribution is 2.22. The van der Waals surface area contributed by atoms with Gasteiger partial charge in [-0.05, 0) is 30.5 Å². The smallest absolute Gasteiger partial charge is 0.242 e. The molecule has 0 heterocycles. The van der Waals surface area contributed by atoms with Crippen LogP contribution >= 0.6 is 12.4 Å². The molecule has 0 unspecified atom stereocenters. The summed E-state index contributed by atoms with van der Waals surface area (Å²) in [6.07, 6.45) is 0. The number of sulfonamides is 1. The number of nitrogens with one attached hydrogen (secondary N) is 1. The lowest BCUT2D eigenvalue weighted by Gasteiger charge is -2.17. The van der Waals surface area contributed by atoms with Gasteiger partial charge in [0, 0.05) is 19.8 Å². The third kappa shape index (κ3) is 4.67. The Morgan fingerprint density at radius 2 is 1.82 bits per heavy atom. The van der Waals surface area contributed by atoms with Crippen molar-refractivity contribution in [1.82, 2.24) is 4.31 Å². The highest BCUT2D eigenvalue weighted by atomic mass is 35.5. The summed E-state index contributed by atoms with van der Waals surface area (Å²) < 4.78 is 25.6. The topological polar surface area (TPSA) is 92.5 Å². The molecule has 0 bridgehead atoms. The van der Waals surface area contributed by atoms with Gasteiger partial charge in [0.1, 0.15) is 0 Å². The molecule has 0 spiro atoms. The Kier molecular flexibility index (Phi) is 7.50. The Morgan fingerprint density at radius 3 is 2.27 bits per heavy atom. The Labute approximate surface area is 138 Å². The van der Waals surface area contributed by atoms with E-state index in [2.05, 4.69) is 5.32 Å². The summed E-state index contributed by atoms with van der Waals surface area (Å²) in [5.41, 5.74) is 6.81. The lowest BCUT2D eigenvalue weighted by molar-refractivity contribution is -0.118. The predicted molar refractivity (Wildman–Crippen MR) is 90.7 cm³/mol. The molecule has 0 radical (unpaired) electrons. The highest BCUT2D eigenvalue weighted by Gasteiger charge is 2.22. The van der Waals surface area contributed by atoms with Crippen LogP contribution in [0.3, 0.4) is 0 Å². The van der Waals surface area contributed by atoms with Gasteiger partial charge in [-0.2, -0.15) is 0 Å². The van der Waals surface area contributed by atoms with Gasteiger partial charge in [-0.25, -0.2) is 12.7 Å². The van der Waals surface area contributed by atoms with Gasteiger partial charge in [-0.1, -0.05) is 19.9 Å². The largest absolute Gasteiger partial charge is 0.325 e. The van der Waals surface area contributed by atoms with Crippen LogP contribution in [0.2, 0.25) is 0 Å². The number of amides is 1. The van der Waals surface area contributed by atoms with Crippen molar-refractivity contribution in [3.05, 3.63) is 23.8 Å². The zero-order chi connectivity index (χ0) is 16.4. The van der Waals surface area contributed by atoms with Gasteiger partial charge in [0.2, 0.25) is 15.9 Å². The first-order valence-electron chi connectivity index (χ1n) is 6.67. The molecule has 0 aromatic heterocycles. The average molecular weight is 350 g/mol. The Bertz CT molecular complexity index is 630. The van der Waals surface area contributed by atoms with Crippen molar-refractivity contribution >= 4 is 34.0 Å². The predicted octanol–water partition coefficient (Wildman–Crippen LogP) is 1.59. The first-order chi connectivity index (χ1) is 9.57. The quantitative estimate of drug-likeness (QED) is 0.844. The number of benzene rings is 1. The summed E-state index contributed by atoms with van der Waals surface area (Å²) in [7, 11) is -0.618. The molecule has 0 fully saturated rings. The van der Waals surface area contributed by atoms with Gasteiger partial charge < -0.3 is 11.1 Å². The van der Waals surface area contributed by atoms with Crippen molar-refractivity contribution in [2.45, 2.75) is 31.7 Å². The van der Waals surface area contributed by atoms with Crippen molar-refractivity contribution in [3.8, 4) is 0 Å². The van der Waals surface area contributed by atoms with Gasteiger partial charge in [0.25, 0.3) is 0 Å². The SMILES string of the molecule is Cc1ccc(NC(=O)[C@H](N)C(C)C)cc1S(=O)(=O)N(C)C.Cl. The molecular weight excluding hydrogens is 326 g/mol. The fourth-order valence-electron chi connectivity index (χ4n) is 1.68. The van der Waals surface area contributed by atoms with E-state index in [1.165, 1.54) is 20.2 Å². The number of carbonyl (C=O) groups excluding carboxylic acids is 1.